The summed E-state index contributed by atoms with van der Waals surface area (Å²) in [6.45, 7) is 2.06. The topological polar surface area (TPSA) is 97.0 Å². The Labute approximate surface area is 188 Å². The average molecular weight is 441 g/mol. The normalized spacial score (nSPS) is 11.1. The third-order valence-electron chi connectivity index (χ3n) is 5.45. The van der Waals surface area contributed by atoms with Gasteiger partial charge in [0, 0.05) is 41.3 Å². The van der Waals surface area contributed by atoms with E-state index < -0.39 is 0 Å². The molecule has 0 spiro atoms. The van der Waals surface area contributed by atoms with Crippen LogP contribution in [-0.4, -0.2) is 27.9 Å². The van der Waals surface area contributed by atoms with Crippen molar-refractivity contribution in [2.45, 2.75) is 6.92 Å². The highest BCUT2D eigenvalue weighted by atomic mass is 32.1. The first-order chi connectivity index (χ1) is 15.5. The maximum atomic E-state index is 13.4. The Kier molecular flexibility index (Phi) is 4.91. The van der Waals surface area contributed by atoms with Gasteiger partial charge in [-0.1, -0.05) is 23.8 Å². The van der Waals surface area contributed by atoms with Crippen molar-refractivity contribution in [3.8, 4) is 0 Å². The molecule has 0 bridgehead atoms. The van der Waals surface area contributed by atoms with Crippen molar-refractivity contribution in [3.05, 3.63) is 77.7 Å². The quantitative estimate of drug-likeness (QED) is 0.401. The van der Waals surface area contributed by atoms with Crippen LogP contribution in [0.3, 0.4) is 0 Å². The second-order valence-electron chi connectivity index (χ2n) is 7.49. The van der Waals surface area contributed by atoms with Gasteiger partial charge in [-0.25, -0.2) is 9.97 Å². The molecule has 5 aromatic rings. The summed E-state index contributed by atoms with van der Waals surface area (Å²) in [7, 11) is 1.98. The van der Waals surface area contributed by atoms with E-state index >= 15 is 0 Å². The van der Waals surface area contributed by atoms with Crippen molar-refractivity contribution in [1.29, 1.82) is 0 Å². The molecule has 0 radical (unpaired) electrons. The standard InChI is InChI=1S/C24H20N6OS/c1-14-3-6-16(7-4-14)30(2)19-8-5-15-11-26-10-9-17(15)20(19)29-24(31)18-12-32-22-21(18)27-13-28-23(22)25/h3-13H,1-2H3,(H,29,31)(H2,25,27,28). The molecule has 3 heterocycles. The summed E-state index contributed by atoms with van der Waals surface area (Å²) in [5.74, 6) is 0.118. The first-order valence-corrected chi connectivity index (χ1v) is 10.9. The molecule has 0 aliphatic rings. The molecular weight excluding hydrogens is 420 g/mol. The number of carbonyl (C=O) groups is 1. The van der Waals surface area contributed by atoms with E-state index in [9.17, 15) is 4.79 Å². The van der Waals surface area contributed by atoms with Crippen LogP contribution in [0.25, 0.3) is 21.0 Å². The van der Waals surface area contributed by atoms with Crippen LogP contribution in [0.15, 0.2) is 66.6 Å². The van der Waals surface area contributed by atoms with E-state index in [2.05, 4.69) is 56.4 Å². The molecule has 0 saturated heterocycles. The van der Waals surface area contributed by atoms with Crippen LogP contribution in [0.1, 0.15) is 15.9 Å². The summed E-state index contributed by atoms with van der Waals surface area (Å²) in [6.07, 6.45) is 4.89. The van der Waals surface area contributed by atoms with Crippen molar-refractivity contribution in [3.63, 3.8) is 0 Å². The number of anilines is 4. The molecule has 5 rings (SSSR count). The summed E-state index contributed by atoms with van der Waals surface area (Å²) >= 11 is 1.36. The number of nitrogens with zero attached hydrogens (tertiary/aromatic N) is 4. The van der Waals surface area contributed by atoms with Crippen LogP contribution >= 0.6 is 11.3 Å². The lowest BCUT2D eigenvalue weighted by Gasteiger charge is -2.24. The number of carbonyl (C=O) groups excluding carboxylic acids is 1. The predicted molar refractivity (Wildman–Crippen MR) is 131 cm³/mol. The van der Waals surface area contributed by atoms with E-state index in [1.165, 1.54) is 23.2 Å². The van der Waals surface area contributed by atoms with Gasteiger partial charge in [0.1, 0.15) is 12.1 Å². The molecular formula is C24H20N6OS. The predicted octanol–water partition coefficient (Wildman–Crippen LogP) is 5.15. The summed E-state index contributed by atoms with van der Waals surface area (Å²) in [6, 6.07) is 14.2. The number of thiophene rings is 1. The first-order valence-electron chi connectivity index (χ1n) is 9.99. The maximum absolute atomic E-state index is 13.4. The Morgan fingerprint density at radius 3 is 2.72 bits per heavy atom. The molecule has 32 heavy (non-hydrogen) atoms. The van der Waals surface area contributed by atoms with Crippen LogP contribution in [0.2, 0.25) is 0 Å². The second-order valence-corrected chi connectivity index (χ2v) is 8.37. The average Bonchev–Trinajstić information content (AvgIpc) is 3.25. The molecule has 0 saturated carbocycles. The number of fused-ring (bicyclic) bond motifs is 2. The highest BCUT2D eigenvalue weighted by Crippen LogP contribution is 2.37. The molecule has 1 amide bonds. The highest BCUT2D eigenvalue weighted by Gasteiger charge is 2.20. The van der Waals surface area contributed by atoms with Crippen molar-refractivity contribution >= 4 is 61.1 Å². The largest absolute Gasteiger partial charge is 0.382 e. The van der Waals surface area contributed by atoms with Gasteiger partial charge in [0.25, 0.3) is 5.91 Å². The Balaban J connectivity index is 1.61. The molecule has 158 valence electrons. The van der Waals surface area contributed by atoms with E-state index in [1.54, 1.807) is 17.8 Å². The number of hydrogen-bond donors (Lipinski definition) is 2. The van der Waals surface area contributed by atoms with E-state index in [0.717, 1.165) is 22.1 Å². The van der Waals surface area contributed by atoms with Gasteiger partial charge in [-0.15, -0.1) is 11.3 Å². The van der Waals surface area contributed by atoms with Crippen molar-refractivity contribution in [2.75, 3.05) is 23.0 Å². The van der Waals surface area contributed by atoms with Crippen LogP contribution in [0, 0.1) is 6.92 Å². The molecule has 2 aromatic carbocycles. The smallest absolute Gasteiger partial charge is 0.258 e. The molecule has 3 aromatic heterocycles. The van der Waals surface area contributed by atoms with Gasteiger partial charge >= 0.3 is 0 Å². The summed E-state index contributed by atoms with van der Waals surface area (Å²) in [5, 5.41) is 6.73. The number of aromatic nitrogens is 3. The Hall–Kier alpha value is -4.04. The fourth-order valence-corrected chi connectivity index (χ4v) is 4.59. The van der Waals surface area contributed by atoms with Crippen molar-refractivity contribution in [2.24, 2.45) is 0 Å². The van der Waals surface area contributed by atoms with E-state index in [0.29, 0.717) is 27.3 Å². The molecule has 7 nitrogen and oxygen atoms in total. The maximum Gasteiger partial charge on any atom is 0.258 e. The Bertz CT molecular complexity index is 1460. The van der Waals surface area contributed by atoms with Gasteiger partial charge in [-0.3, -0.25) is 9.78 Å². The first kappa shape index (κ1) is 19.9. The molecule has 0 fully saturated rings. The molecule has 8 heteroatoms. The zero-order valence-corrected chi connectivity index (χ0v) is 18.4. The molecule has 0 aliphatic heterocycles. The third kappa shape index (κ3) is 3.40. The lowest BCUT2D eigenvalue weighted by Crippen LogP contribution is -2.17. The number of rotatable bonds is 4. The monoisotopic (exact) mass is 440 g/mol. The SMILES string of the molecule is Cc1ccc(N(C)c2ccc3cnccc3c2NC(=O)c2csc3c(N)ncnc23)cc1. The lowest BCUT2D eigenvalue weighted by molar-refractivity contribution is 0.102. The summed E-state index contributed by atoms with van der Waals surface area (Å²) < 4.78 is 0.705. The van der Waals surface area contributed by atoms with Crippen molar-refractivity contribution < 1.29 is 4.79 Å². The van der Waals surface area contributed by atoms with Gasteiger partial charge in [-0.05, 0) is 31.2 Å². The number of nitrogens with two attached hydrogens (primary N) is 1. The van der Waals surface area contributed by atoms with Gasteiger partial charge in [0.05, 0.1) is 27.2 Å². The molecule has 3 N–H and O–H groups in total. The zero-order valence-electron chi connectivity index (χ0n) is 17.5. The van der Waals surface area contributed by atoms with Crippen LogP contribution in [-0.2, 0) is 0 Å². The van der Waals surface area contributed by atoms with Crippen LogP contribution in [0.4, 0.5) is 22.9 Å². The van der Waals surface area contributed by atoms with E-state index in [-0.39, 0.29) is 5.91 Å². The Morgan fingerprint density at radius 1 is 1.09 bits per heavy atom. The van der Waals surface area contributed by atoms with Crippen LogP contribution < -0.4 is 16.0 Å². The number of benzene rings is 2. The number of pyridine rings is 1. The third-order valence-corrected chi connectivity index (χ3v) is 6.44. The fraction of sp³-hybridized carbons (Fsp3) is 0.0833. The highest BCUT2D eigenvalue weighted by molar-refractivity contribution is 7.18. The molecule has 0 unspecified atom stereocenters. The number of amides is 1. The summed E-state index contributed by atoms with van der Waals surface area (Å²) in [4.78, 5) is 27.9. The van der Waals surface area contributed by atoms with Crippen molar-refractivity contribution in [1.82, 2.24) is 15.0 Å². The summed E-state index contributed by atoms with van der Waals surface area (Å²) in [5.41, 5.74) is 10.7. The minimum absolute atomic E-state index is 0.253. The van der Waals surface area contributed by atoms with Gasteiger partial charge < -0.3 is 16.0 Å². The van der Waals surface area contributed by atoms with E-state index in [4.69, 9.17) is 5.73 Å². The van der Waals surface area contributed by atoms with Gasteiger partial charge in [0.15, 0.2) is 0 Å². The van der Waals surface area contributed by atoms with Gasteiger partial charge in [-0.2, -0.15) is 0 Å². The lowest BCUT2D eigenvalue weighted by atomic mass is 10.1. The zero-order chi connectivity index (χ0) is 22.2. The molecule has 0 atom stereocenters. The second kappa shape index (κ2) is 7.90. The minimum atomic E-state index is -0.253. The minimum Gasteiger partial charge on any atom is -0.382 e. The Morgan fingerprint density at radius 2 is 1.91 bits per heavy atom. The van der Waals surface area contributed by atoms with Gasteiger partial charge in [0.2, 0.25) is 0 Å². The van der Waals surface area contributed by atoms with Crippen LogP contribution in [0.5, 0.6) is 0 Å². The number of aryl methyl sites for hydroxylation is 1. The number of nitrogens with one attached hydrogen (secondary N) is 1. The number of hydrogen-bond acceptors (Lipinski definition) is 7. The molecule has 0 aliphatic carbocycles. The van der Waals surface area contributed by atoms with E-state index in [1.807, 2.05) is 25.2 Å². The number of nitrogen functional groups attached to an aromatic ring is 1. The fourth-order valence-electron chi connectivity index (χ4n) is 3.69.